The Hall–Kier alpha value is -3.19. The highest BCUT2D eigenvalue weighted by molar-refractivity contribution is 6.05. The minimum atomic E-state index is 0.00445. The fourth-order valence-corrected chi connectivity index (χ4v) is 2.88. The van der Waals surface area contributed by atoms with Gasteiger partial charge in [0.05, 0.1) is 22.7 Å². The van der Waals surface area contributed by atoms with Crippen molar-refractivity contribution in [3.05, 3.63) is 77.5 Å². The van der Waals surface area contributed by atoms with Gasteiger partial charge in [-0.2, -0.15) is 5.26 Å². The van der Waals surface area contributed by atoms with E-state index in [1.54, 1.807) is 24.4 Å². The van der Waals surface area contributed by atoms with E-state index in [0.717, 1.165) is 22.9 Å². The van der Waals surface area contributed by atoms with Crippen LogP contribution in [0.15, 0.2) is 60.8 Å². The molecule has 0 saturated heterocycles. The average Bonchev–Trinajstić information content (AvgIpc) is 2.67. The summed E-state index contributed by atoms with van der Waals surface area (Å²) in [6.45, 7) is 3.26. The zero-order chi connectivity index (χ0) is 17.6. The summed E-state index contributed by atoms with van der Waals surface area (Å²) in [7, 11) is 0. The number of carbonyl (C=O) groups is 1. The summed E-state index contributed by atoms with van der Waals surface area (Å²) in [6.07, 6.45) is 2.56. The highest BCUT2D eigenvalue weighted by atomic mass is 16.2. The maximum Gasteiger partial charge on any atom is 0.254 e. The molecule has 0 spiro atoms. The monoisotopic (exact) mass is 329 g/mol. The molecule has 1 amide bonds. The summed E-state index contributed by atoms with van der Waals surface area (Å²) >= 11 is 0. The van der Waals surface area contributed by atoms with Crippen LogP contribution in [0.25, 0.3) is 10.9 Å². The second-order valence-electron chi connectivity index (χ2n) is 5.91. The van der Waals surface area contributed by atoms with Gasteiger partial charge in [0.1, 0.15) is 0 Å². The largest absolute Gasteiger partial charge is 0.334 e. The van der Waals surface area contributed by atoms with Gasteiger partial charge in [-0.3, -0.25) is 9.78 Å². The van der Waals surface area contributed by atoms with Crippen LogP contribution in [-0.4, -0.2) is 22.3 Å². The average molecular weight is 329 g/mol. The molecule has 0 saturated carbocycles. The van der Waals surface area contributed by atoms with Crippen molar-refractivity contribution in [3.63, 3.8) is 0 Å². The van der Waals surface area contributed by atoms with Crippen molar-refractivity contribution < 1.29 is 4.79 Å². The predicted octanol–water partition coefficient (Wildman–Crippen LogP) is 4.16. The second-order valence-corrected chi connectivity index (χ2v) is 5.91. The summed E-state index contributed by atoms with van der Waals surface area (Å²) in [5.41, 5.74) is 3.13. The van der Waals surface area contributed by atoms with Crippen LogP contribution in [0.5, 0.6) is 0 Å². The second kappa shape index (κ2) is 7.59. The molecule has 0 aliphatic carbocycles. The van der Waals surface area contributed by atoms with E-state index < -0.39 is 0 Å². The number of pyridine rings is 1. The molecular formula is C21H19N3O. The van der Waals surface area contributed by atoms with Gasteiger partial charge in [-0.05, 0) is 36.2 Å². The fraction of sp³-hybridized carbons (Fsp3) is 0.190. The molecule has 0 fully saturated rings. The number of rotatable bonds is 5. The van der Waals surface area contributed by atoms with Gasteiger partial charge in [0.25, 0.3) is 5.91 Å². The van der Waals surface area contributed by atoms with Crippen molar-refractivity contribution in [2.75, 3.05) is 6.54 Å². The molecule has 4 nitrogen and oxygen atoms in total. The van der Waals surface area contributed by atoms with Crippen molar-refractivity contribution in [1.82, 2.24) is 9.88 Å². The quantitative estimate of drug-likeness (QED) is 0.706. The predicted molar refractivity (Wildman–Crippen MR) is 97.9 cm³/mol. The van der Waals surface area contributed by atoms with Crippen molar-refractivity contribution in [2.24, 2.45) is 0 Å². The van der Waals surface area contributed by atoms with E-state index in [0.29, 0.717) is 24.2 Å². The van der Waals surface area contributed by atoms with Gasteiger partial charge in [0.2, 0.25) is 0 Å². The summed E-state index contributed by atoms with van der Waals surface area (Å²) in [4.78, 5) is 19.3. The van der Waals surface area contributed by atoms with Crippen LogP contribution in [0.1, 0.15) is 34.8 Å². The first kappa shape index (κ1) is 16.7. The molecule has 1 aromatic heterocycles. The van der Waals surface area contributed by atoms with Gasteiger partial charge in [-0.15, -0.1) is 0 Å². The van der Waals surface area contributed by atoms with E-state index >= 15 is 0 Å². The molecule has 2 aromatic carbocycles. The first-order chi connectivity index (χ1) is 12.2. The van der Waals surface area contributed by atoms with Crippen LogP contribution < -0.4 is 0 Å². The number of hydrogen-bond acceptors (Lipinski definition) is 3. The Bertz CT molecular complexity index is 921. The summed E-state index contributed by atoms with van der Waals surface area (Å²) in [5, 5.41) is 9.78. The molecular weight excluding hydrogens is 310 g/mol. The number of aromatic nitrogens is 1. The number of nitriles is 1. The van der Waals surface area contributed by atoms with Crippen molar-refractivity contribution in [2.45, 2.75) is 19.9 Å². The van der Waals surface area contributed by atoms with Crippen molar-refractivity contribution >= 4 is 16.8 Å². The van der Waals surface area contributed by atoms with Gasteiger partial charge in [-0.1, -0.05) is 37.3 Å². The minimum Gasteiger partial charge on any atom is -0.334 e. The van der Waals surface area contributed by atoms with Gasteiger partial charge < -0.3 is 4.90 Å². The molecule has 0 bridgehead atoms. The first-order valence-corrected chi connectivity index (χ1v) is 8.35. The van der Waals surface area contributed by atoms with Gasteiger partial charge >= 0.3 is 0 Å². The number of para-hydroxylation sites is 1. The van der Waals surface area contributed by atoms with Crippen molar-refractivity contribution in [3.8, 4) is 6.07 Å². The first-order valence-electron chi connectivity index (χ1n) is 8.35. The summed E-state index contributed by atoms with van der Waals surface area (Å²) in [5.74, 6) is 0.00445. The van der Waals surface area contributed by atoms with E-state index in [1.807, 2.05) is 41.3 Å². The Morgan fingerprint density at radius 3 is 2.60 bits per heavy atom. The van der Waals surface area contributed by atoms with Crippen molar-refractivity contribution in [1.29, 1.82) is 5.26 Å². The molecule has 0 N–H and O–H groups in total. The van der Waals surface area contributed by atoms with Gasteiger partial charge in [0, 0.05) is 24.7 Å². The normalized spacial score (nSPS) is 10.4. The standard InChI is InChI=1S/C21H19N3O/c1-2-13-24(15-17-9-7-16(14-22)8-10-17)21(25)19-11-12-23-20-6-4-3-5-18(19)20/h3-12H,2,13,15H2,1H3. The number of fused-ring (bicyclic) bond motifs is 1. The highest BCUT2D eigenvalue weighted by Crippen LogP contribution is 2.19. The number of benzene rings is 2. The van der Waals surface area contributed by atoms with E-state index in [9.17, 15) is 4.79 Å². The Labute approximate surface area is 147 Å². The van der Waals surface area contributed by atoms with E-state index in [2.05, 4.69) is 18.0 Å². The Morgan fingerprint density at radius 1 is 1.12 bits per heavy atom. The third-order valence-corrected chi connectivity index (χ3v) is 4.12. The Kier molecular flexibility index (Phi) is 5.06. The Morgan fingerprint density at radius 2 is 1.88 bits per heavy atom. The molecule has 0 atom stereocenters. The molecule has 3 aromatic rings. The molecule has 0 aliphatic rings. The summed E-state index contributed by atoms with van der Waals surface area (Å²) in [6, 6.07) is 19.0. The maximum atomic E-state index is 13.1. The number of amides is 1. The molecule has 1 heterocycles. The third-order valence-electron chi connectivity index (χ3n) is 4.12. The molecule has 0 radical (unpaired) electrons. The van der Waals surface area contributed by atoms with Crippen LogP contribution >= 0.6 is 0 Å². The maximum absolute atomic E-state index is 13.1. The molecule has 0 aliphatic heterocycles. The minimum absolute atomic E-state index is 0.00445. The van der Waals surface area contributed by atoms with E-state index in [1.165, 1.54) is 0 Å². The Balaban J connectivity index is 1.91. The summed E-state index contributed by atoms with van der Waals surface area (Å²) < 4.78 is 0. The lowest BCUT2D eigenvalue weighted by Crippen LogP contribution is -2.31. The van der Waals surface area contributed by atoms with Gasteiger partial charge in [0.15, 0.2) is 0 Å². The van der Waals surface area contributed by atoms with Gasteiger partial charge in [-0.25, -0.2) is 0 Å². The molecule has 3 rings (SSSR count). The van der Waals surface area contributed by atoms with Crippen LogP contribution in [0.4, 0.5) is 0 Å². The van der Waals surface area contributed by atoms with Crippen LogP contribution in [-0.2, 0) is 6.54 Å². The lowest BCUT2D eigenvalue weighted by molar-refractivity contribution is 0.0745. The molecule has 124 valence electrons. The smallest absolute Gasteiger partial charge is 0.254 e. The van der Waals surface area contributed by atoms with E-state index in [4.69, 9.17) is 5.26 Å². The fourth-order valence-electron chi connectivity index (χ4n) is 2.88. The lowest BCUT2D eigenvalue weighted by Gasteiger charge is -2.23. The highest BCUT2D eigenvalue weighted by Gasteiger charge is 2.18. The molecule has 0 unspecified atom stereocenters. The molecule has 25 heavy (non-hydrogen) atoms. The SMILES string of the molecule is CCCN(Cc1ccc(C#N)cc1)C(=O)c1ccnc2ccccc12. The topological polar surface area (TPSA) is 57.0 Å². The van der Waals surface area contributed by atoms with Crippen LogP contribution in [0.2, 0.25) is 0 Å². The molecule has 4 heteroatoms. The number of nitrogens with zero attached hydrogens (tertiary/aromatic N) is 3. The van der Waals surface area contributed by atoms with Crippen LogP contribution in [0.3, 0.4) is 0 Å². The zero-order valence-electron chi connectivity index (χ0n) is 14.1. The van der Waals surface area contributed by atoms with E-state index in [-0.39, 0.29) is 5.91 Å². The number of carbonyl (C=O) groups excluding carboxylic acids is 1. The number of hydrogen-bond donors (Lipinski definition) is 0. The zero-order valence-corrected chi connectivity index (χ0v) is 14.1. The third kappa shape index (κ3) is 3.67. The van der Waals surface area contributed by atoms with Crippen LogP contribution in [0, 0.1) is 11.3 Å². The lowest BCUT2D eigenvalue weighted by atomic mass is 10.1.